The number of amides is 2. The van der Waals surface area contributed by atoms with Crippen LogP contribution in [0.2, 0.25) is 0 Å². The monoisotopic (exact) mass is 601 g/mol. The van der Waals surface area contributed by atoms with Crippen molar-refractivity contribution in [2.75, 3.05) is 30.1 Å². The fraction of sp³-hybridized carbons (Fsp3) is 0.424. The van der Waals surface area contributed by atoms with Crippen LogP contribution in [0.15, 0.2) is 60.8 Å². The number of carbonyl (C=O) groups is 3. The topological polar surface area (TPSA) is 138 Å². The van der Waals surface area contributed by atoms with E-state index < -0.39 is 17.4 Å². The largest absolute Gasteiger partial charge is 0.469 e. The van der Waals surface area contributed by atoms with Gasteiger partial charge in [0.1, 0.15) is 0 Å². The van der Waals surface area contributed by atoms with Gasteiger partial charge in [-0.25, -0.2) is 0 Å². The molecule has 2 aliphatic heterocycles. The lowest BCUT2D eigenvalue weighted by atomic mass is 9.82. The van der Waals surface area contributed by atoms with Crippen molar-refractivity contribution in [1.82, 2.24) is 15.0 Å². The van der Waals surface area contributed by atoms with E-state index in [-0.39, 0.29) is 24.9 Å². The molecule has 0 unspecified atom stereocenters. The van der Waals surface area contributed by atoms with Gasteiger partial charge in [0, 0.05) is 62.3 Å². The third-order valence-corrected chi connectivity index (χ3v) is 8.40. The summed E-state index contributed by atoms with van der Waals surface area (Å²) < 4.78 is 6.43. The van der Waals surface area contributed by atoms with Gasteiger partial charge < -0.3 is 19.8 Å². The van der Waals surface area contributed by atoms with E-state index in [1.165, 1.54) is 7.11 Å². The zero-order chi connectivity index (χ0) is 31.3. The molecule has 0 radical (unpaired) electrons. The van der Waals surface area contributed by atoms with Crippen molar-refractivity contribution in [2.24, 2.45) is 5.92 Å². The number of hydrogen-bond donors (Lipinski definition) is 2. The maximum atomic E-state index is 14.0. The molecule has 1 aromatic heterocycles. The van der Waals surface area contributed by atoms with E-state index >= 15 is 0 Å². The molecule has 0 bridgehead atoms. The minimum Gasteiger partial charge on any atom is -0.469 e. The molecular weight excluding hydrogens is 562 g/mol. The van der Waals surface area contributed by atoms with Crippen LogP contribution in [-0.2, 0) is 44.1 Å². The number of methoxy groups -OCH3 is 1. The number of anilines is 3. The normalized spacial score (nSPS) is 18.5. The third kappa shape index (κ3) is 6.15. The quantitative estimate of drug-likeness (QED) is 0.172. The van der Waals surface area contributed by atoms with Gasteiger partial charge in [0.25, 0.3) is 5.91 Å². The Morgan fingerprint density at radius 3 is 2.73 bits per heavy atom. The number of allylic oxidation sites excluding steroid dienone is 1. The van der Waals surface area contributed by atoms with E-state index in [9.17, 15) is 19.5 Å². The van der Waals surface area contributed by atoms with Crippen molar-refractivity contribution in [3.8, 4) is 0 Å². The molecule has 3 aromatic rings. The number of benzene rings is 2. The Morgan fingerprint density at radius 1 is 1.11 bits per heavy atom. The smallest absolute Gasteiger partial charge is 0.305 e. The van der Waals surface area contributed by atoms with Crippen LogP contribution in [0.1, 0.15) is 55.8 Å². The molecule has 0 spiro atoms. The molecule has 44 heavy (non-hydrogen) atoms. The average Bonchev–Trinajstić information content (AvgIpc) is 3.57. The van der Waals surface area contributed by atoms with Crippen molar-refractivity contribution < 1.29 is 29.3 Å². The number of para-hydroxylation sites is 1. The molecule has 2 aromatic carbocycles. The summed E-state index contributed by atoms with van der Waals surface area (Å²) in [6, 6.07) is 13.2. The minimum atomic E-state index is -1.86. The van der Waals surface area contributed by atoms with Crippen LogP contribution < -0.4 is 9.80 Å². The summed E-state index contributed by atoms with van der Waals surface area (Å²) in [6.45, 7) is 2.70. The van der Waals surface area contributed by atoms with Gasteiger partial charge in [-0.1, -0.05) is 42.5 Å². The van der Waals surface area contributed by atoms with Crippen LogP contribution >= 0.6 is 0 Å². The standard InChI is InChI=1S/C33H39N5O6/c1-23(9-5-7-18-36-22-25(17-20-39)34-35-36)33(43)27-21-26(38-28-11-4-3-10-24(28)13-16-30(38)40)14-15-29(27)37(32(33)42)19-8-6-12-31(41)44-2/h3-5,9-11,14-15,21-23,39,43H,6-8,12-13,16-20H2,1-2H3/b9-5+/t23-,33+/m0/s1. The highest BCUT2D eigenvalue weighted by molar-refractivity contribution is 6.09. The lowest BCUT2D eigenvalue weighted by molar-refractivity contribution is -0.140. The van der Waals surface area contributed by atoms with Crippen molar-refractivity contribution in [1.29, 1.82) is 0 Å². The van der Waals surface area contributed by atoms with Gasteiger partial charge in [0.05, 0.1) is 24.2 Å². The number of nitrogens with zero attached hydrogens (tertiary/aromatic N) is 5. The predicted molar refractivity (Wildman–Crippen MR) is 164 cm³/mol. The highest BCUT2D eigenvalue weighted by atomic mass is 16.5. The molecule has 5 rings (SSSR count). The first-order chi connectivity index (χ1) is 21.3. The second kappa shape index (κ2) is 13.5. The highest BCUT2D eigenvalue weighted by Gasteiger charge is 2.52. The number of fused-ring (bicyclic) bond motifs is 2. The summed E-state index contributed by atoms with van der Waals surface area (Å²) in [5, 5.41) is 29.4. The Balaban J connectivity index is 1.42. The summed E-state index contributed by atoms with van der Waals surface area (Å²) in [6.07, 6.45) is 8.95. The van der Waals surface area contributed by atoms with E-state index in [0.717, 1.165) is 11.3 Å². The fourth-order valence-corrected chi connectivity index (χ4v) is 5.97. The number of esters is 1. The van der Waals surface area contributed by atoms with E-state index in [1.807, 2.05) is 49.4 Å². The maximum absolute atomic E-state index is 14.0. The number of aromatic nitrogens is 3. The van der Waals surface area contributed by atoms with Crippen molar-refractivity contribution in [2.45, 2.75) is 64.0 Å². The van der Waals surface area contributed by atoms with Crippen LogP contribution in [0.25, 0.3) is 0 Å². The Kier molecular flexibility index (Phi) is 9.55. The van der Waals surface area contributed by atoms with Gasteiger partial charge in [0.2, 0.25) is 5.91 Å². The van der Waals surface area contributed by atoms with Gasteiger partial charge in [-0.05, 0) is 55.5 Å². The summed E-state index contributed by atoms with van der Waals surface area (Å²) >= 11 is 0. The Bertz CT molecular complexity index is 1550. The van der Waals surface area contributed by atoms with E-state index in [4.69, 9.17) is 9.84 Å². The number of carbonyl (C=O) groups excluding carboxylic acids is 3. The minimum absolute atomic E-state index is 0.00659. The Morgan fingerprint density at radius 2 is 1.93 bits per heavy atom. The van der Waals surface area contributed by atoms with Gasteiger partial charge in [0.15, 0.2) is 5.60 Å². The summed E-state index contributed by atoms with van der Waals surface area (Å²) in [4.78, 5) is 42.1. The molecule has 3 heterocycles. The molecular formula is C33H39N5O6. The van der Waals surface area contributed by atoms with E-state index in [0.29, 0.717) is 74.2 Å². The van der Waals surface area contributed by atoms with Crippen LogP contribution in [0, 0.1) is 5.92 Å². The van der Waals surface area contributed by atoms with E-state index in [2.05, 4.69) is 10.3 Å². The predicted octanol–water partition coefficient (Wildman–Crippen LogP) is 3.58. The SMILES string of the molecule is COC(=O)CCCCN1C(=O)[C@@](O)([C@@H](C)/C=C/CCn2cc(CCO)nn2)c2cc(N3C(=O)CCc4ccccc43)ccc21. The van der Waals surface area contributed by atoms with Crippen LogP contribution in [0.5, 0.6) is 0 Å². The van der Waals surface area contributed by atoms with Crippen LogP contribution in [-0.4, -0.2) is 63.3 Å². The molecule has 11 heteroatoms. The summed E-state index contributed by atoms with van der Waals surface area (Å²) in [5.74, 6) is -1.37. The van der Waals surface area contributed by atoms with E-state index in [1.54, 1.807) is 32.8 Å². The number of unbranched alkanes of at least 4 members (excludes halogenated alkanes) is 1. The third-order valence-electron chi connectivity index (χ3n) is 8.40. The molecule has 0 fully saturated rings. The highest BCUT2D eigenvalue weighted by Crippen LogP contribution is 2.48. The van der Waals surface area contributed by atoms with Gasteiger partial charge >= 0.3 is 5.97 Å². The van der Waals surface area contributed by atoms with Crippen molar-refractivity contribution in [3.05, 3.63) is 77.6 Å². The molecule has 11 nitrogen and oxygen atoms in total. The molecule has 2 N–H and O–H groups in total. The van der Waals surface area contributed by atoms with Gasteiger partial charge in [-0.2, -0.15) is 0 Å². The molecule has 0 saturated carbocycles. The number of ether oxygens (including phenoxy) is 1. The van der Waals surface area contributed by atoms with Crippen molar-refractivity contribution in [3.63, 3.8) is 0 Å². The lowest BCUT2D eigenvalue weighted by Gasteiger charge is -2.31. The zero-order valence-corrected chi connectivity index (χ0v) is 25.2. The molecule has 232 valence electrons. The number of aliphatic hydroxyl groups is 2. The number of aryl methyl sites for hydroxylation is 2. The Hall–Kier alpha value is -4.35. The van der Waals surface area contributed by atoms with Gasteiger partial charge in [-0.3, -0.25) is 24.0 Å². The van der Waals surface area contributed by atoms with Crippen molar-refractivity contribution >= 4 is 34.8 Å². The number of rotatable bonds is 13. The first kappa shape index (κ1) is 31.1. The number of aliphatic hydroxyl groups excluding tert-OH is 1. The summed E-state index contributed by atoms with van der Waals surface area (Å²) in [5.41, 5.74) is 2.37. The molecule has 2 atom stereocenters. The molecule has 2 aliphatic rings. The van der Waals surface area contributed by atoms with Crippen LogP contribution in [0.3, 0.4) is 0 Å². The molecule has 0 aliphatic carbocycles. The lowest BCUT2D eigenvalue weighted by Crippen LogP contribution is -2.44. The maximum Gasteiger partial charge on any atom is 0.305 e. The summed E-state index contributed by atoms with van der Waals surface area (Å²) in [7, 11) is 1.35. The average molecular weight is 602 g/mol. The van der Waals surface area contributed by atoms with Crippen LogP contribution in [0.4, 0.5) is 17.1 Å². The first-order valence-corrected chi connectivity index (χ1v) is 15.1. The van der Waals surface area contributed by atoms with Gasteiger partial charge in [-0.15, -0.1) is 5.10 Å². The zero-order valence-electron chi connectivity index (χ0n) is 25.2. The Labute approximate surface area is 256 Å². The first-order valence-electron chi connectivity index (χ1n) is 15.1. The fourth-order valence-electron chi connectivity index (χ4n) is 5.97. The molecule has 0 saturated heterocycles. The second-order valence-electron chi connectivity index (χ2n) is 11.3. The number of hydrogen-bond acceptors (Lipinski definition) is 8. The molecule has 2 amide bonds. The second-order valence-corrected chi connectivity index (χ2v) is 11.3.